The van der Waals surface area contributed by atoms with Gasteiger partial charge in [-0.1, -0.05) is 44.5 Å². The van der Waals surface area contributed by atoms with Crippen molar-refractivity contribution in [3.05, 3.63) is 45.2 Å². The van der Waals surface area contributed by atoms with Crippen LogP contribution in [0, 0.1) is 19.3 Å². The first-order valence-corrected chi connectivity index (χ1v) is 10.8. The normalized spacial score (nSPS) is 11.1. The van der Waals surface area contributed by atoms with Gasteiger partial charge >= 0.3 is 0 Å². The second kappa shape index (κ2) is 10.5. The number of carbonyl (C=O) groups is 2. The number of amides is 2. The van der Waals surface area contributed by atoms with E-state index in [1.54, 1.807) is 0 Å². The summed E-state index contributed by atoms with van der Waals surface area (Å²) in [7, 11) is 0. The molecule has 0 radical (unpaired) electrons. The Morgan fingerprint density at radius 1 is 1.03 bits per heavy atom. The average molecular weight is 475 g/mol. The summed E-state index contributed by atoms with van der Waals surface area (Å²) in [4.78, 5) is 32.1. The molecule has 0 saturated heterocycles. The molecule has 0 aliphatic carbocycles. The second-order valence-electron chi connectivity index (χ2n) is 8.75. The number of hydrogen-bond donors (Lipinski definition) is 6. The molecule has 0 unspecified atom stereocenters. The van der Waals surface area contributed by atoms with Crippen LogP contribution >= 0.6 is 11.6 Å². The van der Waals surface area contributed by atoms with Crippen LogP contribution in [0.1, 0.15) is 53.5 Å². The number of hydrogen-bond acceptors (Lipinski definition) is 7. The summed E-state index contributed by atoms with van der Waals surface area (Å²) in [6.07, 6.45) is 0.270. The maximum atomic E-state index is 12.4. The zero-order valence-electron chi connectivity index (χ0n) is 19.5. The summed E-state index contributed by atoms with van der Waals surface area (Å²) in [6.45, 7) is 11.0. The fourth-order valence-electron chi connectivity index (χ4n) is 3.14. The second-order valence-corrected chi connectivity index (χ2v) is 9.11. The fraction of sp³-hybridized carbons (Fsp3) is 0.409. The molecule has 10 nitrogen and oxygen atoms in total. The van der Waals surface area contributed by atoms with Gasteiger partial charge in [-0.15, -0.1) is 0 Å². The van der Waals surface area contributed by atoms with E-state index in [0.717, 1.165) is 16.7 Å². The van der Waals surface area contributed by atoms with Crippen molar-refractivity contribution in [1.82, 2.24) is 25.9 Å². The number of nitrogens with two attached hydrogens (primary N) is 2. The highest BCUT2D eigenvalue weighted by Gasteiger charge is 2.18. The van der Waals surface area contributed by atoms with E-state index in [4.69, 9.17) is 28.5 Å². The van der Waals surface area contributed by atoms with E-state index in [0.29, 0.717) is 0 Å². The monoisotopic (exact) mass is 474 g/mol. The molecule has 1 aromatic carbocycles. The van der Waals surface area contributed by atoms with Gasteiger partial charge in [0.15, 0.2) is 28.4 Å². The number of anilines is 2. The molecular weight excluding hydrogens is 444 g/mol. The number of halogens is 1. The van der Waals surface area contributed by atoms with Gasteiger partial charge in [0.25, 0.3) is 5.91 Å². The van der Waals surface area contributed by atoms with Gasteiger partial charge in [-0.25, -0.2) is 9.97 Å². The van der Waals surface area contributed by atoms with Crippen molar-refractivity contribution in [2.75, 3.05) is 24.6 Å². The molecule has 11 heteroatoms. The minimum absolute atomic E-state index is 0.0420. The molecule has 2 rings (SSSR count). The Kier molecular flexibility index (Phi) is 8.21. The van der Waals surface area contributed by atoms with E-state index in [1.165, 1.54) is 5.56 Å². The first kappa shape index (κ1) is 25.9. The summed E-state index contributed by atoms with van der Waals surface area (Å²) in [5.74, 6) is -1.46. The summed E-state index contributed by atoms with van der Waals surface area (Å²) >= 11 is 5.76. The first-order valence-electron chi connectivity index (χ1n) is 10.4. The van der Waals surface area contributed by atoms with Gasteiger partial charge in [0, 0.05) is 13.1 Å². The number of rotatable bonds is 6. The molecule has 0 atom stereocenters. The number of aromatic nitrogens is 2. The van der Waals surface area contributed by atoms with Crippen LogP contribution in [0.2, 0.25) is 5.15 Å². The van der Waals surface area contributed by atoms with Crippen LogP contribution in [0.25, 0.3) is 0 Å². The lowest BCUT2D eigenvalue weighted by atomic mass is 9.83. The minimum atomic E-state index is -0.756. The molecule has 0 aliphatic rings. The summed E-state index contributed by atoms with van der Waals surface area (Å²) in [5.41, 5.74) is 15.3. The Hall–Kier alpha value is -3.40. The number of benzene rings is 1. The van der Waals surface area contributed by atoms with E-state index in [1.807, 2.05) is 13.8 Å². The molecule has 0 fully saturated rings. The lowest BCUT2D eigenvalue weighted by molar-refractivity contribution is -0.120. The van der Waals surface area contributed by atoms with E-state index in [9.17, 15) is 9.59 Å². The van der Waals surface area contributed by atoms with Gasteiger partial charge in [0.05, 0.1) is 6.42 Å². The first-order chi connectivity index (χ1) is 15.3. The molecule has 178 valence electrons. The highest BCUT2D eigenvalue weighted by molar-refractivity contribution is 6.31. The molecular formula is C22H31ClN8O2. The van der Waals surface area contributed by atoms with Crippen LogP contribution in [-0.2, 0) is 16.6 Å². The SMILES string of the molecule is Cc1cc(C(C)(C)C)cc(C)c1CC(=O)NCCNC(=N)NC(=O)c1nc(Cl)c(N)nc1N. The Morgan fingerprint density at radius 2 is 1.61 bits per heavy atom. The number of guanidine groups is 1. The van der Waals surface area contributed by atoms with Crippen molar-refractivity contribution in [3.8, 4) is 0 Å². The topological polar surface area (TPSA) is 172 Å². The molecule has 1 aromatic heterocycles. The molecule has 0 spiro atoms. The molecule has 1 heterocycles. The molecule has 0 bridgehead atoms. The highest BCUT2D eigenvalue weighted by Crippen LogP contribution is 2.27. The third kappa shape index (κ3) is 7.04. The largest absolute Gasteiger partial charge is 0.382 e. The van der Waals surface area contributed by atoms with Crippen molar-refractivity contribution in [2.45, 2.75) is 46.5 Å². The maximum absolute atomic E-state index is 12.4. The van der Waals surface area contributed by atoms with Gasteiger partial charge < -0.3 is 22.1 Å². The van der Waals surface area contributed by atoms with Gasteiger partial charge in [-0.3, -0.25) is 20.3 Å². The number of nitrogens with one attached hydrogen (secondary N) is 4. The van der Waals surface area contributed by atoms with Gasteiger partial charge in [0.2, 0.25) is 5.91 Å². The van der Waals surface area contributed by atoms with Crippen LogP contribution in [0.3, 0.4) is 0 Å². The number of aryl methyl sites for hydroxylation is 2. The zero-order chi connectivity index (χ0) is 24.9. The Morgan fingerprint density at radius 3 is 2.18 bits per heavy atom. The molecule has 0 aliphatic heterocycles. The number of carbonyl (C=O) groups excluding carboxylic acids is 2. The third-order valence-corrected chi connectivity index (χ3v) is 5.28. The van der Waals surface area contributed by atoms with Gasteiger partial charge in [-0.2, -0.15) is 0 Å². The van der Waals surface area contributed by atoms with Gasteiger partial charge in [-0.05, 0) is 41.5 Å². The van der Waals surface area contributed by atoms with Crippen LogP contribution < -0.4 is 27.4 Å². The molecule has 8 N–H and O–H groups in total. The maximum Gasteiger partial charge on any atom is 0.280 e. The van der Waals surface area contributed by atoms with Crippen molar-refractivity contribution in [2.24, 2.45) is 0 Å². The van der Waals surface area contributed by atoms with E-state index in [2.05, 4.69) is 58.8 Å². The van der Waals surface area contributed by atoms with Crippen molar-refractivity contribution >= 4 is 41.0 Å². The predicted molar refractivity (Wildman–Crippen MR) is 130 cm³/mol. The van der Waals surface area contributed by atoms with E-state index < -0.39 is 5.91 Å². The predicted octanol–water partition coefficient (Wildman–Crippen LogP) is 1.82. The third-order valence-electron chi connectivity index (χ3n) is 5.01. The Balaban J connectivity index is 1.82. The minimum Gasteiger partial charge on any atom is -0.382 e. The van der Waals surface area contributed by atoms with Gasteiger partial charge in [0.1, 0.15) is 0 Å². The van der Waals surface area contributed by atoms with Crippen LogP contribution in [0.4, 0.5) is 11.6 Å². The molecule has 2 aromatic rings. The van der Waals surface area contributed by atoms with Crippen LogP contribution in [-0.4, -0.2) is 40.8 Å². The smallest absolute Gasteiger partial charge is 0.280 e. The lowest BCUT2D eigenvalue weighted by Crippen LogP contribution is -2.43. The number of nitrogens with zero attached hydrogens (tertiary/aromatic N) is 2. The quantitative estimate of drug-likeness (QED) is 0.210. The molecule has 33 heavy (non-hydrogen) atoms. The lowest BCUT2D eigenvalue weighted by Gasteiger charge is -2.22. The van der Waals surface area contributed by atoms with Crippen LogP contribution in [0.15, 0.2) is 12.1 Å². The van der Waals surface area contributed by atoms with Crippen molar-refractivity contribution in [3.63, 3.8) is 0 Å². The fourth-order valence-corrected chi connectivity index (χ4v) is 3.27. The van der Waals surface area contributed by atoms with E-state index >= 15 is 0 Å². The number of nitrogen functional groups attached to an aromatic ring is 2. The van der Waals surface area contributed by atoms with Crippen molar-refractivity contribution in [1.29, 1.82) is 5.41 Å². The molecule has 0 saturated carbocycles. The van der Waals surface area contributed by atoms with Crippen LogP contribution in [0.5, 0.6) is 0 Å². The highest BCUT2D eigenvalue weighted by atomic mass is 35.5. The zero-order valence-corrected chi connectivity index (χ0v) is 20.3. The van der Waals surface area contributed by atoms with E-state index in [-0.39, 0.29) is 59.3 Å². The standard InChI is InChI=1S/C22H31ClN8O2/c1-11-8-13(22(3,4)5)9-12(2)14(11)10-15(32)27-6-7-28-21(26)31-20(33)16-18(24)30-19(25)17(23)29-16/h8-9H,6-7,10H2,1-5H3,(H,27,32)(H4,24,25,30)(H3,26,28,31,33). The average Bonchev–Trinajstić information content (AvgIpc) is 2.69. The Labute approximate surface area is 198 Å². The molecule has 2 amide bonds. The summed E-state index contributed by atoms with van der Waals surface area (Å²) in [6, 6.07) is 4.26. The van der Waals surface area contributed by atoms with Crippen molar-refractivity contribution < 1.29 is 9.59 Å². The summed E-state index contributed by atoms with van der Waals surface area (Å²) < 4.78 is 0. The summed E-state index contributed by atoms with van der Waals surface area (Å²) in [5, 5.41) is 15.4. The Bertz CT molecular complexity index is 1060.